The van der Waals surface area contributed by atoms with E-state index in [0.717, 1.165) is 17.7 Å². The quantitative estimate of drug-likeness (QED) is 0.486. The number of hydrogen-bond acceptors (Lipinski definition) is 4. The molecule has 1 heterocycles. The number of aromatic carboxylic acids is 1. The third-order valence-electron chi connectivity index (χ3n) is 4.46. The number of carbonyl (C=O) groups is 1. The number of alkyl halides is 3. The Morgan fingerprint density at radius 2 is 1.77 bits per heavy atom. The van der Waals surface area contributed by atoms with Crippen LogP contribution < -0.4 is 4.74 Å². The van der Waals surface area contributed by atoms with Crippen molar-refractivity contribution in [2.45, 2.75) is 19.7 Å². The maximum Gasteiger partial charge on any atom is 0.416 e. The zero-order chi connectivity index (χ0) is 22.4. The van der Waals surface area contributed by atoms with Gasteiger partial charge in [0, 0.05) is 5.56 Å². The number of aryl methyl sites for hydroxylation is 1. The first-order chi connectivity index (χ1) is 14.8. The molecule has 0 unspecified atom stereocenters. The first-order valence-corrected chi connectivity index (χ1v) is 9.42. The summed E-state index contributed by atoms with van der Waals surface area (Å²) in [6.45, 7) is 2.13. The third kappa shape index (κ3) is 5.82. The highest BCUT2D eigenvalue weighted by Gasteiger charge is 2.31. The number of aromatic nitrogens is 1. The number of hydrogen-bond donors (Lipinski definition) is 1. The molecule has 162 valence electrons. The highest BCUT2D eigenvalue weighted by atomic mass is 19.4. The van der Waals surface area contributed by atoms with Crippen molar-refractivity contribution in [3.63, 3.8) is 0 Å². The summed E-state index contributed by atoms with van der Waals surface area (Å²) in [4.78, 5) is 15.5. The Morgan fingerprint density at radius 3 is 2.45 bits per heavy atom. The summed E-state index contributed by atoms with van der Waals surface area (Å²) in [6.07, 6.45) is -4.51. The second-order valence-electron chi connectivity index (χ2n) is 6.78. The van der Waals surface area contributed by atoms with Crippen LogP contribution in [0.4, 0.5) is 13.2 Å². The van der Waals surface area contributed by atoms with Crippen LogP contribution in [-0.2, 0) is 17.5 Å². The molecule has 3 aromatic rings. The SMILES string of the molecule is Cc1cc(-c2cccc(C(F)(F)F)c2)c(OCCOCc2ccccc2)nc1C(=O)O. The van der Waals surface area contributed by atoms with Crippen LogP contribution in [0, 0.1) is 6.92 Å². The molecule has 2 aromatic carbocycles. The van der Waals surface area contributed by atoms with Crippen molar-refractivity contribution >= 4 is 5.97 Å². The molecular weight excluding hydrogens is 411 g/mol. The first-order valence-electron chi connectivity index (χ1n) is 9.42. The molecule has 8 heteroatoms. The number of ether oxygens (including phenoxy) is 2. The zero-order valence-corrected chi connectivity index (χ0v) is 16.6. The van der Waals surface area contributed by atoms with Gasteiger partial charge in [0.25, 0.3) is 0 Å². The number of halogens is 3. The molecule has 1 aromatic heterocycles. The van der Waals surface area contributed by atoms with Crippen molar-refractivity contribution in [3.8, 4) is 17.0 Å². The predicted molar refractivity (Wildman–Crippen MR) is 108 cm³/mol. The number of nitrogens with zero attached hydrogens (tertiary/aromatic N) is 1. The number of carboxylic acid groups (broad SMARTS) is 1. The maximum atomic E-state index is 13.1. The number of carboxylic acids is 1. The lowest BCUT2D eigenvalue weighted by atomic mass is 10.0. The molecule has 0 atom stereocenters. The molecule has 3 rings (SSSR count). The van der Waals surface area contributed by atoms with E-state index >= 15 is 0 Å². The van der Waals surface area contributed by atoms with Crippen LogP contribution in [0.5, 0.6) is 5.88 Å². The van der Waals surface area contributed by atoms with Gasteiger partial charge in [0.05, 0.1) is 18.8 Å². The van der Waals surface area contributed by atoms with Gasteiger partial charge in [-0.1, -0.05) is 42.5 Å². The minimum Gasteiger partial charge on any atom is -0.477 e. The van der Waals surface area contributed by atoms with Crippen LogP contribution >= 0.6 is 0 Å². The standard InChI is InChI=1S/C23H20F3NO4/c1-15-12-19(17-8-5-9-18(13-17)23(24,25)26)21(27-20(15)22(28)29)31-11-10-30-14-16-6-3-2-4-7-16/h2-9,12-13H,10-11,14H2,1H3,(H,28,29). The molecule has 0 aliphatic rings. The average molecular weight is 431 g/mol. The first kappa shape index (κ1) is 22.3. The Hall–Kier alpha value is -3.39. The molecule has 0 saturated heterocycles. The van der Waals surface area contributed by atoms with E-state index in [2.05, 4.69) is 4.98 Å². The van der Waals surface area contributed by atoms with Crippen LogP contribution in [0.1, 0.15) is 27.2 Å². The summed E-state index contributed by atoms with van der Waals surface area (Å²) in [5.41, 5.74) is 0.749. The highest BCUT2D eigenvalue weighted by Crippen LogP contribution is 2.35. The van der Waals surface area contributed by atoms with Crippen LogP contribution in [0.15, 0.2) is 60.7 Å². The lowest BCUT2D eigenvalue weighted by molar-refractivity contribution is -0.137. The van der Waals surface area contributed by atoms with Gasteiger partial charge >= 0.3 is 12.1 Å². The van der Waals surface area contributed by atoms with Gasteiger partial charge in [-0.3, -0.25) is 0 Å². The molecule has 31 heavy (non-hydrogen) atoms. The lowest BCUT2D eigenvalue weighted by Crippen LogP contribution is -2.11. The molecule has 0 aliphatic carbocycles. The fourth-order valence-electron chi connectivity index (χ4n) is 2.95. The number of benzene rings is 2. The van der Waals surface area contributed by atoms with Crippen LogP contribution in [0.25, 0.3) is 11.1 Å². The summed E-state index contributed by atoms with van der Waals surface area (Å²) >= 11 is 0. The average Bonchev–Trinajstić information content (AvgIpc) is 2.74. The fraction of sp³-hybridized carbons (Fsp3) is 0.217. The molecule has 1 N–H and O–H groups in total. The molecular formula is C23H20F3NO4. The largest absolute Gasteiger partial charge is 0.477 e. The van der Waals surface area contributed by atoms with Gasteiger partial charge in [-0.2, -0.15) is 13.2 Å². The Kier molecular flexibility index (Phi) is 6.91. The van der Waals surface area contributed by atoms with Crippen LogP contribution in [0.3, 0.4) is 0 Å². The van der Waals surface area contributed by atoms with E-state index in [1.807, 2.05) is 30.3 Å². The molecule has 0 spiro atoms. The van der Waals surface area contributed by atoms with Gasteiger partial charge < -0.3 is 14.6 Å². The van der Waals surface area contributed by atoms with Crippen molar-refractivity contribution in [1.29, 1.82) is 0 Å². The normalized spacial score (nSPS) is 11.4. The molecule has 0 saturated carbocycles. The van der Waals surface area contributed by atoms with Crippen molar-refractivity contribution in [3.05, 3.63) is 83.0 Å². The topological polar surface area (TPSA) is 68.7 Å². The smallest absolute Gasteiger partial charge is 0.416 e. The Balaban J connectivity index is 1.81. The van der Waals surface area contributed by atoms with Crippen LogP contribution in [-0.4, -0.2) is 29.3 Å². The Labute approximate surface area is 177 Å². The van der Waals surface area contributed by atoms with Crippen LogP contribution in [0.2, 0.25) is 0 Å². The van der Waals surface area contributed by atoms with Gasteiger partial charge in [-0.05, 0) is 41.8 Å². The summed E-state index contributed by atoms with van der Waals surface area (Å²) in [7, 11) is 0. The highest BCUT2D eigenvalue weighted by molar-refractivity contribution is 5.88. The third-order valence-corrected chi connectivity index (χ3v) is 4.46. The van der Waals surface area contributed by atoms with E-state index in [1.54, 1.807) is 0 Å². The van der Waals surface area contributed by atoms with E-state index in [0.29, 0.717) is 12.2 Å². The molecule has 0 amide bonds. The summed E-state index contributed by atoms with van der Waals surface area (Å²) < 4.78 is 50.5. The zero-order valence-electron chi connectivity index (χ0n) is 16.6. The lowest BCUT2D eigenvalue weighted by Gasteiger charge is -2.15. The summed E-state index contributed by atoms with van der Waals surface area (Å²) in [6, 6.07) is 15.7. The van der Waals surface area contributed by atoms with Crippen molar-refractivity contribution in [1.82, 2.24) is 4.98 Å². The second-order valence-corrected chi connectivity index (χ2v) is 6.78. The maximum absolute atomic E-state index is 13.1. The summed E-state index contributed by atoms with van der Waals surface area (Å²) in [5.74, 6) is -1.32. The van der Waals surface area contributed by atoms with Gasteiger partial charge in [0.1, 0.15) is 6.61 Å². The molecule has 5 nitrogen and oxygen atoms in total. The van der Waals surface area contributed by atoms with E-state index in [1.165, 1.54) is 25.1 Å². The monoisotopic (exact) mass is 431 g/mol. The summed E-state index contributed by atoms with van der Waals surface area (Å²) in [5, 5.41) is 9.35. The molecule has 0 bridgehead atoms. The second kappa shape index (κ2) is 9.61. The number of pyridine rings is 1. The minimum atomic E-state index is -4.51. The van der Waals surface area contributed by atoms with E-state index < -0.39 is 17.7 Å². The van der Waals surface area contributed by atoms with Gasteiger partial charge in [0.15, 0.2) is 5.69 Å². The van der Waals surface area contributed by atoms with E-state index in [-0.39, 0.29) is 35.9 Å². The van der Waals surface area contributed by atoms with Gasteiger partial charge in [-0.15, -0.1) is 0 Å². The van der Waals surface area contributed by atoms with Gasteiger partial charge in [-0.25, -0.2) is 9.78 Å². The molecule has 0 aliphatic heterocycles. The van der Waals surface area contributed by atoms with E-state index in [9.17, 15) is 23.1 Å². The Bertz CT molecular complexity index is 1050. The number of rotatable bonds is 8. The van der Waals surface area contributed by atoms with Crippen molar-refractivity contribution < 1.29 is 32.5 Å². The molecule has 0 fully saturated rings. The van der Waals surface area contributed by atoms with E-state index in [4.69, 9.17) is 9.47 Å². The van der Waals surface area contributed by atoms with Gasteiger partial charge in [0.2, 0.25) is 5.88 Å². The van der Waals surface area contributed by atoms with Crippen molar-refractivity contribution in [2.75, 3.05) is 13.2 Å². The fourth-order valence-corrected chi connectivity index (χ4v) is 2.95. The predicted octanol–water partition coefficient (Wildman–Crippen LogP) is 5.37. The Morgan fingerprint density at radius 1 is 1.03 bits per heavy atom. The molecule has 0 radical (unpaired) electrons. The minimum absolute atomic E-state index is 0.0495. The van der Waals surface area contributed by atoms with Crippen molar-refractivity contribution in [2.24, 2.45) is 0 Å².